The normalized spacial score (nSPS) is 21.6. The Labute approximate surface area is 119 Å². The Morgan fingerprint density at radius 2 is 1.95 bits per heavy atom. The van der Waals surface area contributed by atoms with Crippen molar-refractivity contribution in [2.24, 2.45) is 5.92 Å². The van der Waals surface area contributed by atoms with E-state index in [1.807, 2.05) is 11.8 Å². The number of carbonyl (C=O) groups excluding carboxylic acids is 1. The molecule has 2 saturated heterocycles. The number of H-pyrrole nitrogens is 1. The summed E-state index contributed by atoms with van der Waals surface area (Å²) in [5.74, 6) is 1.71. The fourth-order valence-electron chi connectivity index (χ4n) is 3.23. The average molecular weight is 277 g/mol. The third-order valence-electron chi connectivity index (χ3n) is 4.41. The molecule has 20 heavy (non-hydrogen) atoms. The number of nitrogens with zero attached hydrogens (tertiary/aromatic N) is 4. The molecule has 110 valence electrons. The Balaban J connectivity index is 1.49. The minimum Gasteiger partial charge on any atom is -0.336 e. The summed E-state index contributed by atoms with van der Waals surface area (Å²) in [5.41, 5.74) is 0. The molecule has 2 aliphatic rings. The molecular formula is C14H23N5O. The van der Waals surface area contributed by atoms with Crippen LogP contribution in [0.3, 0.4) is 0 Å². The minimum absolute atomic E-state index is 0.0334. The van der Waals surface area contributed by atoms with Crippen LogP contribution in [0.2, 0.25) is 0 Å². The van der Waals surface area contributed by atoms with Crippen LogP contribution in [0.5, 0.6) is 0 Å². The summed E-state index contributed by atoms with van der Waals surface area (Å²) in [5, 5.41) is 6.69. The number of aromatic nitrogens is 3. The van der Waals surface area contributed by atoms with Gasteiger partial charge >= 0.3 is 0 Å². The Bertz CT molecular complexity index is 458. The first-order chi connectivity index (χ1) is 9.72. The minimum atomic E-state index is -0.0334. The first-order valence-electron chi connectivity index (χ1n) is 7.63. The van der Waals surface area contributed by atoms with Crippen molar-refractivity contribution in [3.8, 4) is 0 Å². The molecular weight excluding hydrogens is 254 g/mol. The van der Waals surface area contributed by atoms with Crippen molar-refractivity contribution in [2.45, 2.75) is 32.6 Å². The number of hydrogen-bond acceptors (Lipinski definition) is 4. The smallest absolute Gasteiger partial charge is 0.293 e. The summed E-state index contributed by atoms with van der Waals surface area (Å²) in [7, 11) is 0. The molecule has 1 amide bonds. The highest BCUT2D eigenvalue weighted by Gasteiger charge is 2.27. The largest absolute Gasteiger partial charge is 0.336 e. The lowest BCUT2D eigenvalue weighted by Gasteiger charge is -2.33. The molecule has 3 rings (SSSR count). The molecule has 0 atom stereocenters. The lowest BCUT2D eigenvalue weighted by Crippen LogP contribution is -2.41. The molecule has 1 aromatic rings. The van der Waals surface area contributed by atoms with Gasteiger partial charge in [0.1, 0.15) is 5.82 Å². The van der Waals surface area contributed by atoms with Crippen LogP contribution in [-0.2, 0) is 0 Å². The number of amides is 1. The topological polar surface area (TPSA) is 65.1 Å². The van der Waals surface area contributed by atoms with Crippen molar-refractivity contribution in [2.75, 3.05) is 32.7 Å². The molecule has 0 radical (unpaired) electrons. The van der Waals surface area contributed by atoms with Gasteiger partial charge in [-0.25, -0.2) is 4.98 Å². The van der Waals surface area contributed by atoms with Gasteiger partial charge in [0, 0.05) is 19.6 Å². The highest BCUT2D eigenvalue weighted by atomic mass is 16.2. The van der Waals surface area contributed by atoms with Crippen molar-refractivity contribution in [1.82, 2.24) is 25.0 Å². The molecule has 1 N–H and O–H groups in total. The van der Waals surface area contributed by atoms with Crippen LogP contribution in [0, 0.1) is 12.8 Å². The second-order valence-corrected chi connectivity index (χ2v) is 5.99. The molecule has 6 nitrogen and oxygen atoms in total. The summed E-state index contributed by atoms with van der Waals surface area (Å²) in [6, 6.07) is 0. The van der Waals surface area contributed by atoms with Gasteiger partial charge in [-0.1, -0.05) is 0 Å². The van der Waals surface area contributed by atoms with E-state index in [2.05, 4.69) is 20.1 Å². The van der Waals surface area contributed by atoms with Gasteiger partial charge in [0.15, 0.2) is 0 Å². The molecule has 2 fully saturated rings. The van der Waals surface area contributed by atoms with Crippen LogP contribution in [0.25, 0.3) is 0 Å². The standard InChI is InChI=1S/C14H23N5O/c1-11-15-13(17-16-11)14(20)19-8-4-12(5-9-19)10-18-6-2-3-7-18/h12H,2-10H2,1H3,(H,15,16,17). The number of rotatable bonds is 3. The second kappa shape index (κ2) is 5.91. The van der Waals surface area contributed by atoms with Crippen molar-refractivity contribution in [3.63, 3.8) is 0 Å². The highest BCUT2D eigenvalue weighted by Crippen LogP contribution is 2.21. The van der Waals surface area contributed by atoms with Gasteiger partial charge in [0.05, 0.1) is 0 Å². The predicted octanol–water partition coefficient (Wildman–Crippen LogP) is 1.06. The molecule has 1 aromatic heterocycles. The molecule has 0 bridgehead atoms. The second-order valence-electron chi connectivity index (χ2n) is 5.99. The van der Waals surface area contributed by atoms with Crippen molar-refractivity contribution < 1.29 is 4.79 Å². The van der Waals surface area contributed by atoms with E-state index >= 15 is 0 Å². The Hall–Kier alpha value is -1.43. The molecule has 6 heteroatoms. The van der Waals surface area contributed by atoms with E-state index in [0.29, 0.717) is 11.6 Å². The van der Waals surface area contributed by atoms with E-state index in [1.54, 1.807) is 0 Å². The average Bonchev–Trinajstić information content (AvgIpc) is 3.10. The fraction of sp³-hybridized carbons (Fsp3) is 0.786. The zero-order valence-electron chi connectivity index (χ0n) is 12.1. The summed E-state index contributed by atoms with van der Waals surface area (Å²) < 4.78 is 0. The monoisotopic (exact) mass is 277 g/mol. The van der Waals surface area contributed by atoms with E-state index in [9.17, 15) is 4.79 Å². The van der Waals surface area contributed by atoms with Crippen molar-refractivity contribution in [1.29, 1.82) is 0 Å². The van der Waals surface area contributed by atoms with Gasteiger partial charge in [-0.2, -0.15) is 0 Å². The molecule has 0 unspecified atom stereocenters. The number of piperidine rings is 1. The highest BCUT2D eigenvalue weighted by molar-refractivity contribution is 5.90. The maximum atomic E-state index is 12.2. The molecule has 0 aromatic carbocycles. The summed E-state index contributed by atoms with van der Waals surface area (Å²) in [6.07, 6.45) is 4.90. The Morgan fingerprint density at radius 1 is 1.25 bits per heavy atom. The number of nitrogens with one attached hydrogen (secondary N) is 1. The van der Waals surface area contributed by atoms with Gasteiger partial charge in [-0.05, 0) is 51.6 Å². The fourth-order valence-corrected chi connectivity index (χ4v) is 3.23. The van der Waals surface area contributed by atoms with Gasteiger partial charge in [-0.3, -0.25) is 9.89 Å². The number of likely N-dealkylation sites (tertiary alicyclic amines) is 2. The Morgan fingerprint density at radius 3 is 2.55 bits per heavy atom. The molecule has 0 spiro atoms. The Kier molecular flexibility index (Phi) is 4.00. The lowest BCUT2D eigenvalue weighted by molar-refractivity contribution is 0.0661. The van der Waals surface area contributed by atoms with E-state index in [1.165, 1.54) is 32.5 Å². The van der Waals surface area contributed by atoms with Gasteiger partial charge < -0.3 is 9.80 Å². The van der Waals surface area contributed by atoms with E-state index in [4.69, 9.17) is 0 Å². The van der Waals surface area contributed by atoms with Crippen LogP contribution in [-0.4, -0.2) is 63.6 Å². The number of hydrogen-bond donors (Lipinski definition) is 1. The summed E-state index contributed by atoms with van der Waals surface area (Å²) in [6.45, 7) is 7.22. The van der Waals surface area contributed by atoms with Crippen LogP contribution in [0.15, 0.2) is 0 Å². The van der Waals surface area contributed by atoms with Crippen LogP contribution in [0.4, 0.5) is 0 Å². The van der Waals surface area contributed by atoms with Crippen molar-refractivity contribution >= 4 is 5.91 Å². The molecule has 0 aliphatic carbocycles. The van der Waals surface area contributed by atoms with Crippen LogP contribution in [0.1, 0.15) is 42.1 Å². The van der Waals surface area contributed by atoms with Gasteiger partial charge in [0.25, 0.3) is 5.91 Å². The SMILES string of the molecule is Cc1nc(C(=O)N2CCC(CN3CCCC3)CC2)n[nH]1. The third-order valence-corrected chi connectivity index (χ3v) is 4.41. The third kappa shape index (κ3) is 3.00. The molecule has 3 heterocycles. The number of carbonyl (C=O) groups is 1. The zero-order valence-corrected chi connectivity index (χ0v) is 12.1. The summed E-state index contributed by atoms with van der Waals surface area (Å²) >= 11 is 0. The quantitative estimate of drug-likeness (QED) is 0.897. The zero-order chi connectivity index (χ0) is 13.9. The lowest BCUT2D eigenvalue weighted by atomic mass is 9.96. The maximum absolute atomic E-state index is 12.2. The van der Waals surface area contributed by atoms with E-state index < -0.39 is 0 Å². The number of aromatic amines is 1. The van der Waals surface area contributed by atoms with E-state index in [0.717, 1.165) is 31.8 Å². The maximum Gasteiger partial charge on any atom is 0.293 e. The van der Waals surface area contributed by atoms with Gasteiger partial charge in [0.2, 0.25) is 5.82 Å². The predicted molar refractivity (Wildman–Crippen MR) is 75.4 cm³/mol. The van der Waals surface area contributed by atoms with E-state index in [-0.39, 0.29) is 5.91 Å². The van der Waals surface area contributed by atoms with Crippen LogP contribution < -0.4 is 0 Å². The van der Waals surface area contributed by atoms with Crippen LogP contribution >= 0.6 is 0 Å². The summed E-state index contributed by atoms with van der Waals surface area (Å²) in [4.78, 5) is 20.8. The molecule has 2 aliphatic heterocycles. The number of aryl methyl sites for hydroxylation is 1. The van der Waals surface area contributed by atoms with Gasteiger partial charge in [-0.15, -0.1) is 5.10 Å². The first kappa shape index (κ1) is 13.5. The first-order valence-corrected chi connectivity index (χ1v) is 7.63. The molecule has 0 saturated carbocycles. The van der Waals surface area contributed by atoms with Crippen molar-refractivity contribution in [3.05, 3.63) is 11.6 Å².